The quantitative estimate of drug-likeness (QED) is 0.546. The molecule has 3 aromatic rings. The highest BCUT2D eigenvalue weighted by molar-refractivity contribution is 7.99. The largest absolute Gasteiger partial charge is 0.324 e. The SMILES string of the molecule is CCn1c(SCC(=O)Nc2cc(Cl)ccc2Cl)nc2cc(S(N)(=O)=O)ccc21. The van der Waals surface area contributed by atoms with Crippen LogP contribution < -0.4 is 10.5 Å². The zero-order valence-corrected chi connectivity index (χ0v) is 17.8. The summed E-state index contributed by atoms with van der Waals surface area (Å²) < 4.78 is 25.0. The number of carbonyl (C=O) groups excluding carboxylic acids is 1. The lowest BCUT2D eigenvalue weighted by Crippen LogP contribution is -2.15. The van der Waals surface area contributed by atoms with Gasteiger partial charge in [-0.25, -0.2) is 18.5 Å². The number of primary sulfonamides is 1. The van der Waals surface area contributed by atoms with Crippen molar-refractivity contribution in [1.82, 2.24) is 9.55 Å². The number of nitrogens with one attached hydrogen (secondary N) is 1. The van der Waals surface area contributed by atoms with Gasteiger partial charge in [0.2, 0.25) is 15.9 Å². The lowest BCUT2D eigenvalue weighted by Gasteiger charge is -2.08. The summed E-state index contributed by atoms with van der Waals surface area (Å²) in [5.41, 5.74) is 1.69. The summed E-state index contributed by atoms with van der Waals surface area (Å²) in [4.78, 5) is 16.7. The molecule has 1 heterocycles. The van der Waals surface area contributed by atoms with E-state index in [0.29, 0.717) is 33.0 Å². The molecule has 3 rings (SSSR count). The molecule has 28 heavy (non-hydrogen) atoms. The Hall–Kier alpha value is -1.78. The number of thioether (sulfide) groups is 1. The molecule has 0 aliphatic heterocycles. The first kappa shape index (κ1) is 20.9. The summed E-state index contributed by atoms with van der Waals surface area (Å²) in [6.07, 6.45) is 0. The molecule has 0 aliphatic rings. The van der Waals surface area contributed by atoms with Crippen molar-refractivity contribution in [3.8, 4) is 0 Å². The van der Waals surface area contributed by atoms with Crippen LogP contribution in [-0.2, 0) is 21.4 Å². The van der Waals surface area contributed by atoms with Crippen LogP contribution in [0.4, 0.5) is 5.69 Å². The Balaban J connectivity index is 1.80. The number of nitrogens with zero attached hydrogens (tertiary/aromatic N) is 2. The molecule has 0 aliphatic carbocycles. The molecule has 0 unspecified atom stereocenters. The third kappa shape index (κ3) is 4.61. The number of hydrogen-bond acceptors (Lipinski definition) is 5. The molecule has 0 atom stereocenters. The van der Waals surface area contributed by atoms with Crippen LogP contribution in [0.15, 0.2) is 46.5 Å². The number of carbonyl (C=O) groups is 1. The van der Waals surface area contributed by atoms with Crippen LogP contribution in [0.2, 0.25) is 10.0 Å². The first-order valence-electron chi connectivity index (χ1n) is 8.10. The van der Waals surface area contributed by atoms with Gasteiger partial charge >= 0.3 is 0 Å². The van der Waals surface area contributed by atoms with Crippen molar-refractivity contribution in [2.45, 2.75) is 23.5 Å². The minimum Gasteiger partial charge on any atom is -0.324 e. The van der Waals surface area contributed by atoms with Crippen LogP contribution >= 0.6 is 35.0 Å². The minimum atomic E-state index is -3.82. The lowest BCUT2D eigenvalue weighted by molar-refractivity contribution is -0.113. The molecule has 148 valence electrons. The second kappa shape index (κ2) is 8.30. The number of fused-ring (bicyclic) bond motifs is 1. The summed E-state index contributed by atoms with van der Waals surface area (Å²) in [7, 11) is -3.82. The monoisotopic (exact) mass is 458 g/mol. The van der Waals surface area contributed by atoms with Crippen molar-refractivity contribution in [2.24, 2.45) is 5.14 Å². The number of rotatable bonds is 6. The zero-order valence-electron chi connectivity index (χ0n) is 14.6. The van der Waals surface area contributed by atoms with E-state index in [9.17, 15) is 13.2 Å². The average molecular weight is 459 g/mol. The molecular weight excluding hydrogens is 443 g/mol. The molecule has 0 saturated carbocycles. The molecule has 1 amide bonds. The Labute approximate surface area is 176 Å². The van der Waals surface area contributed by atoms with E-state index in [1.165, 1.54) is 23.9 Å². The number of aryl methyl sites for hydroxylation is 1. The summed E-state index contributed by atoms with van der Waals surface area (Å²) in [5.74, 6) is -0.178. The highest BCUT2D eigenvalue weighted by Crippen LogP contribution is 2.28. The van der Waals surface area contributed by atoms with Crippen LogP contribution in [0.1, 0.15) is 6.92 Å². The van der Waals surface area contributed by atoms with Crippen LogP contribution in [0.25, 0.3) is 11.0 Å². The van der Waals surface area contributed by atoms with E-state index < -0.39 is 10.0 Å². The number of amides is 1. The Bertz CT molecular complexity index is 1160. The van der Waals surface area contributed by atoms with E-state index in [4.69, 9.17) is 28.3 Å². The van der Waals surface area contributed by atoms with Crippen molar-refractivity contribution in [3.05, 3.63) is 46.4 Å². The Morgan fingerprint density at radius 2 is 2.00 bits per heavy atom. The van der Waals surface area contributed by atoms with E-state index in [1.54, 1.807) is 24.3 Å². The number of sulfonamides is 1. The van der Waals surface area contributed by atoms with Crippen molar-refractivity contribution < 1.29 is 13.2 Å². The highest BCUT2D eigenvalue weighted by atomic mass is 35.5. The fraction of sp³-hybridized carbons (Fsp3) is 0.176. The molecular formula is C17H16Cl2N4O3S2. The van der Waals surface area contributed by atoms with E-state index in [-0.39, 0.29) is 16.6 Å². The summed E-state index contributed by atoms with van der Waals surface area (Å²) in [6, 6.07) is 9.32. The molecule has 3 N–H and O–H groups in total. The molecule has 0 fully saturated rings. The van der Waals surface area contributed by atoms with Gasteiger partial charge in [-0.3, -0.25) is 4.79 Å². The van der Waals surface area contributed by atoms with Crippen molar-refractivity contribution in [3.63, 3.8) is 0 Å². The van der Waals surface area contributed by atoms with Gasteiger partial charge < -0.3 is 9.88 Å². The number of anilines is 1. The molecule has 1 aromatic heterocycles. The fourth-order valence-corrected chi connectivity index (χ4v) is 4.34. The molecule has 11 heteroatoms. The predicted octanol–water partition coefficient (Wildman–Crippen LogP) is 3.74. The lowest BCUT2D eigenvalue weighted by atomic mass is 10.3. The van der Waals surface area contributed by atoms with E-state index in [1.807, 2.05) is 11.5 Å². The maximum absolute atomic E-state index is 12.3. The summed E-state index contributed by atoms with van der Waals surface area (Å²) in [6.45, 7) is 2.54. The number of hydrogen-bond donors (Lipinski definition) is 2. The predicted molar refractivity (Wildman–Crippen MR) is 113 cm³/mol. The second-order valence-electron chi connectivity index (χ2n) is 5.80. The first-order chi connectivity index (χ1) is 13.2. The average Bonchev–Trinajstić information content (AvgIpc) is 2.99. The van der Waals surface area contributed by atoms with Gasteiger partial charge in [0.1, 0.15) is 0 Å². The van der Waals surface area contributed by atoms with Crippen LogP contribution in [0.3, 0.4) is 0 Å². The van der Waals surface area contributed by atoms with E-state index in [0.717, 1.165) is 5.52 Å². The number of imidazole rings is 1. The van der Waals surface area contributed by atoms with Gasteiger partial charge in [0, 0.05) is 11.6 Å². The zero-order chi connectivity index (χ0) is 20.5. The smallest absolute Gasteiger partial charge is 0.238 e. The van der Waals surface area contributed by atoms with Gasteiger partial charge in [-0.05, 0) is 43.3 Å². The second-order valence-corrected chi connectivity index (χ2v) is 9.14. The van der Waals surface area contributed by atoms with Crippen molar-refractivity contribution >= 4 is 67.6 Å². The Morgan fingerprint density at radius 3 is 2.68 bits per heavy atom. The van der Waals surface area contributed by atoms with Crippen LogP contribution in [-0.4, -0.2) is 29.6 Å². The van der Waals surface area contributed by atoms with Gasteiger partial charge in [-0.2, -0.15) is 0 Å². The summed E-state index contributed by atoms with van der Waals surface area (Å²) >= 11 is 13.2. The Morgan fingerprint density at radius 1 is 1.25 bits per heavy atom. The molecule has 0 saturated heterocycles. The number of halogens is 2. The van der Waals surface area contributed by atoms with Gasteiger partial charge in [-0.15, -0.1) is 0 Å². The minimum absolute atomic E-state index is 0.00866. The maximum atomic E-state index is 12.3. The standard InChI is InChI=1S/C17H16Cl2N4O3S2/c1-2-23-15-6-4-11(28(20,25)26)8-14(15)22-17(23)27-9-16(24)21-13-7-10(18)3-5-12(13)19/h3-8H,2,9H2,1H3,(H,21,24)(H2,20,25,26). The maximum Gasteiger partial charge on any atom is 0.238 e. The summed E-state index contributed by atoms with van der Waals surface area (Å²) in [5, 5.41) is 9.34. The molecule has 2 aromatic carbocycles. The third-order valence-electron chi connectivity index (χ3n) is 3.86. The van der Waals surface area contributed by atoms with E-state index >= 15 is 0 Å². The van der Waals surface area contributed by atoms with Crippen molar-refractivity contribution in [2.75, 3.05) is 11.1 Å². The van der Waals surface area contributed by atoms with E-state index in [2.05, 4.69) is 10.3 Å². The van der Waals surface area contributed by atoms with Gasteiger partial charge in [0.25, 0.3) is 0 Å². The molecule has 0 bridgehead atoms. The number of benzene rings is 2. The topological polar surface area (TPSA) is 107 Å². The van der Waals surface area contributed by atoms with Gasteiger partial charge in [0.15, 0.2) is 5.16 Å². The van der Waals surface area contributed by atoms with Gasteiger partial charge in [0.05, 0.1) is 32.4 Å². The molecule has 0 spiro atoms. The fourth-order valence-electron chi connectivity index (χ4n) is 2.59. The third-order valence-corrected chi connectivity index (χ3v) is 6.32. The highest BCUT2D eigenvalue weighted by Gasteiger charge is 2.16. The van der Waals surface area contributed by atoms with Crippen molar-refractivity contribution in [1.29, 1.82) is 0 Å². The molecule has 0 radical (unpaired) electrons. The van der Waals surface area contributed by atoms with Gasteiger partial charge in [-0.1, -0.05) is 35.0 Å². The Kier molecular flexibility index (Phi) is 6.21. The number of nitrogens with two attached hydrogens (primary N) is 1. The van der Waals surface area contributed by atoms with Crippen LogP contribution in [0, 0.1) is 0 Å². The normalized spacial score (nSPS) is 11.7. The van der Waals surface area contributed by atoms with Crippen LogP contribution in [0.5, 0.6) is 0 Å². The molecule has 7 nitrogen and oxygen atoms in total. The first-order valence-corrected chi connectivity index (χ1v) is 11.4. The number of aromatic nitrogens is 2.